The van der Waals surface area contributed by atoms with Crippen molar-refractivity contribution in [2.24, 2.45) is 5.92 Å². The summed E-state index contributed by atoms with van der Waals surface area (Å²) in [6.45, 7) is 6.83. The molecule has 0 aromatic carbocycles. The number of aromatic amines is 1. The van der Waals surface area contributed by atoms with E-state index < -0.39 is 5.97 Å². The molecule has 0 aliphatic heterocycles. The Morgan fingerprint density at radius 1 is 1.31 bits per heavy atom. The third kappa shape index (κ3) is 3.51. The second kappa shape index (κ2) is 7.19. The van der Waals surface area contributed by atoms with Crippen LogP contribution in [0.3, 0.4) is 0 Å². The highest BCUT2D eigenvalue weighted by atomic mass is 32.1. The maximum Gasteiger partial charge on any atom is 0.348 e. The van der Waals surface area contributed by atoms with E-state index in [-0.39, 0.29) is 18.2 Å². The fraction of sp³-hybridized carbons (Fsp3) is 0.450. The number of aryl methyl sites for hydroxylation is 2. The van der Waals surface area contributed by atoms with Gasteiger partial charge in [0.2, 0.25) is 5.78 Å². The van der Waals surface area contributed by atoms with Crippen LogP contribution in [0.1, 0.15) is 72.5 Å². The summed E-state index contributed by atoms with van der Waals surface area (Å²) in [6, 6.07) is 1.90. The first kappa shape index (κ1) is 18.6. The van der Waals surface area contributed by atoms with E-state index >= 15 is 0 Å². The molecule has 1 aliphatic carbocycles. The molecule has 0 bridgehead atoms. The standard InChI is InChI=1S/C20H23NO4S/c1-10-5-6-16-14(7-10)8-17(26-16)20(24)25-9-15(23)19-11(2)18(13(4)22)12(3)21-19/h8,10,21H,5-7,9H2,1-4H3/t10-/m1/s1. The van der Waals surface area contributed by atoms with E-state index in [4.69, 9.17) is 4.74 Å². The Hall–Kier alpha value is -2.21. The normalized spacial score (nSPS) is 16.2. The summed E-state index contributed by atoms with van der Waals surface area (Å²) in [5.74, 6) is -0.248. The zero-order chi connectivity index (χ0) is 19.0. The molecule has 0 saturated carbocycles. The molecule has 138 valence electrons. The Bertz CT molecular complexity index is 890. The SMILES string of the molecule is CC(=O)c1c(C)[nH]c(C(=O)COC(=O)c2cc3c(s2)CC[C@@H](C)C3)c1C. The van der Waals surface area contributed by atoms with Crippen molar-refractivity contribution in [2.75, 3.05) is 6.61 Å². The van der Waals surface area contributed by atoms with Gasteiger partial charge in [-0.3, -0.25) is 9.59 Å². The smallest absolute Gasteiger partial charge is 0.348 e. The van der Waals surface area contributed by atoms with Gasteiger partial charge in [-0.1, -0.05) is 6.92 Å². The Morgan fingerprint density at radius 2 is 2.04 bits per heavy atom. The number of carbonyl (C=O) groups excluding carboxylic acids is 3. The minimum Gasteiger partial charge on any atom is -0.453 e. The molecular formula is C20H23NO4S. The molecule has 0 amide bonds. The van der Waals surface area contributed by atoms with Crippen molar-refractivity contribution < 1.29 is 19.1 Å². The van der Waals surface area contributed by atoms with Gasteiger partial charge < -0.3 is 9.72 Å². The molecule has 26 heavy (non-hydrogen) atoms. The first-order valence-electron chi connectivity index (χ1n) is 8.80. The van der Waals surface area contributed by atoms with E-state index in [0.29, 0.717) is 33.3 Å². The van der Waals surface area contributed by atoms with Crippen LogP contribution in [0.2, 0.25) is 0 Å². The Morgan fingerprint density at radius 3 is 2.69 bits per heavy atom. The van der Waals surface area contributed by atoms with Gasteiger partial charge in [0, 0.05) is 16.1 Å². The predicted molar refractivity (Wildman–Crippen MR) is 100 cm³/mol. The van der Waals surface area contributed by atoms with E-state index in [2.05, 4.69) is 11.9 Å². The molecule has 5 nitrogen and oxygen atoms in total. The van der Waals surface area contributed by atoms with Crippen LogP contribution in [0.5, 0.6) is 0 Å². The molecule has 2 aromatic rings. The third-order valence-electron chi connectivity index (χ3n) is 4.93. The molecule has 2 heterocycles. The molecule has 0 unspecified atom stereocenters. The first-order valence-corrected chi connectivity index (χ1v) is 9.61. The number of Topliss-reactive ketones (excluding diaryl/α,β-unsaturated/α-hetero) is 2. The Labute approximate surface area is 156 Å². The number of hydrogen-bond donors (Lipinski definition) is 1. The summed E-state index contributed by atoms with van der Waals surface area (Å²) in [5, 5.41) is 0. The van der Waals surface area contributed by atoms with Gasteiger partial charge in [0.1, 0.15) is 4.88 Å². The fourth-order valence-electron chi connectivity index (χ4n) is 3.64. The minimum atomic E-state index is -0.460. The Kier molecular flexibility index (Phi) is 5.14. The van der Waals surface area contributed by atoms with Gasteiger partial charge in [0.25, 0.3) is 0 Å². The third-order valence-corrected chi connectivity index (χ3v) is 6.15. The highest BCUT2D eigenvalue weighted by molar-refractivity contribution is 7.14. The van der Waals surface area contributed by atoms with E-state index in [1.807, 2.05) is 6.07 Å². The second-order valence-corrected chi connectivity index (χ2v) is 8.22. The van der Waals surface area contributed by atoms with Crippen LogP contribution < -0.4 is 0 Å². The number of aromatic nitrogens is 1. The van der Waals surface area contributed by atoms with Gasteiger partial charge in [0.05, 0.1) is 5.69 Å². The number of thiophene rings is 1. The maximum atomic E-state index is 12.4. The van der Waals surface area contributed by atoms with Gasteiger partial charge >= 0.3 is 5.97 Å². The highest BCUT2D eigenvalue weighted by Gasteiger charge is 2.23. The van der Waals surface area contributed by atoms with Crippen molar-refractivity contribution in [1.82, 2.24) is 4.98 Å². The van der Waals surface area contributed by atoms with Gasteiger partial charge in [-0.2, -0.15) is 0 Å². The van der Waals surface area contributed by atoms with Crippen molar-refractivity contribution in [3.63, 3.8) is 0 Å². The van der Waals surface area contributed by atoms with Crippen LogP contribution in [0.25, 0.3) is 0 Å². The van der Waals surface area contributed by atoms with E-state index in [0.717, 1.165) is 19.3 Å². The number of hydrogen-bond acceptors (Lipinski definition) is 5. The monoisotopic (exact) mass is 373 g/mol. The van der Waals surface area contributed by atoms with Crippen molar-refractivity contribution >= 4 is 28.9 Å². The lowest BCUT2D eigenvalue weighted by Crippen LogP contribution is -2.15. The molecular weight excluding hydrogens is 350 g/mol. The number of ether oxygens (including phenoxy) is 1. The lowest BCUT2D eigenvalue weighted by molar-refractivity contribution is 0.0478. The number of H-pyrrole nitrogens is 1. The maximum absolute atomic E-state index is 12.4. The number of esters is 1. The van der Waals surface area contributed by atoms with Gasteiger partial charge in [-0.05, 0) is 63.1 Å². The largest absolute Gasteiger partial charge is 0.453 e. The summed E-state index contributed by atoms with van der Waals surface area (Å²) in [7, 11) is 0. The summed E-state index contributed by atoms with van der Waals surface area (Å²) >= 11 is 1.47. The lowest BCUT2D eigenvalue weighted by Gasteiger charge is -2.16. The average molecular weight is 373 g/mol. The number of rotatable bonds is 5. The van der Waals surface area contributed by atoms with Crippen LogP contribution >= 0.6 is 11.3 Å². The van der Waals surface area contributed by atoms with Crippen LogP contribution in [0.4, 0.5) is 0 Å². The molecule has 3 rings (SSSR count). The van der Waals surface area contributed by atoms with Crippen molar-refractivity contribution in [1.29, 1.82) is 0 Å². The molecule has 0 spiro atoms. The number of fused-ring (bicyclic) bond motifs is 1. The summed E-state index contributed by atoms with van der Waals surface area (Å²) in [6.07, 6.45) is 3.14. The van der Waals surface area contributed by atoms with Crippen LogP contribution in [0.15, 0.2) is 6.07 Å². The van der Waals surface area contributed by atoms with Crippen LogP contribution in [0, 0.1) is 19.8 Å². The summed E-state index contributed by atoms with van der Waals surface area (Å²) in [4.78, 5) is 41.2. The number of nitrogens with one attached hydrogen (secondary N) is 1. The number of ketones is 2. The molecule has 1 atom stereocenters. The highest BCUT2D eigenvalue weighted by Crippen LogP contribution is 2.32. The van der Waals surface area contributed by atoms with E-state index in [9.17, 15) is 14.4 Å². The lowest BCUT2D eigenvalue weighted by atomic mass is 9.90. The van der Waals surface area contributed by atoms with Crippen molar-refractivity contribution in [2.45, 2.75) is 47.0 Å². The van der Waals surface area contributed by atoms with E-state index in [1.165, 1.54) is 28.7 Å². The molecule has 2 aromatic heterocycles. The molecule has 0 saturated heterocycles. The number of carbonyl (C=O) groups is 3. The average Bonchev–Trinajstić information content (AvgIpc) is 3.12. The minimum absolute atomic E-state index is 0.0920. The quantitative estimate of drug-likeness (QED) is 0.633. The molecule has 1 N–H and O–H groups in total. The fourth-order valence-corrected chi connectivity index (χ4v) is 4.74. The van der Waals surface area contributed by atoms with Crippen LogP contribution in [-0.4, -0.2) is 29.1 Å². The molecule has 0 fully saturated rings. The Balaban J connectivity index is 1.68. The van der Waals surface area contributed by atoms with E-state index in [1.54, 1.807) is 13.8 Å². The first-order chi connectivity index (χ1) is 12.3. The predicted octanol–water partition coefficient (Wildman–Crippen LogP) is 4.06. The zero-order valence-electron chi connectivity index (χ0n) is 15.5. The van der Waals surface area contributed by atoms with Crippen LogP contribution in [-0.2, 0) is 17.6 Å². The molecule has 6 heteroatoms. The van der Waals surface area contributed by atoms with Gasteiger partial charge in [-0.25, -0.2) is 4.79 Å². The second-order valence-electron chi connectivity index (χ2n) is 7.09. The van der Waals surface area contributed by atoms with Gasteiger partial charge in [-0.15, -0.1) is 11.3 Å². The zero-order valence-corrected chi connectivity index (χ0v) is 16.3. The van der Waals surface area contributed by atoms with Crippen molar-refractivity contribution in [3.8, 4) is 0 Å². The van der Waals surface area contributed by atoms with Crippen molar-refractivity contribution in [3.05, 3.63) is 43.9 Å². The summed E-state index contributed by atoms with van der Waals surface area (Å²) < 4.78 is 5.23. The molecule has 1 aliphatic rings. The molecule has 0 radical (unpaired) electrons. The topological polar surface area (TPSA) is 76.2 Å². The summed E-state index contributed by atoms with van der Waals surface area (Å²) in [5.41, 5.74) is 3.36. The van der Waals surface area contributed by atoms with Gasteiger partial charge in [0.15, 0.2) is 12.4 Å².